The monoisotopic (exact) mass is 459 g/mol. The maximum absolute atomic E-state index is 14.9. The number of ether oxygens (including phenoxy) is 2. The molecule has 0 aromatic heterocycles. The Hall–Kier alpha value is -2.90. The summed E-state index contributed by atoms with van der Waals surface area (Å²) in [6.07, 6.45) is 1.32. The van der Waals surface area contributed by atoms with Crippen molar-refractivity contribution in [2.45, 2.75) is 31.9 Å². The van der Waals surface area contributed by atoms with Gasteiger partial charge < -0.3 is 19.5 Å². The summed E-state index contributed by atoms with van der Waals surface area (Å²) in [4.78, 5) is 27.4. The van der Waals surface area contributed by atoms with Gasteiger partial charge in [0.15, 0.2) is 0 Å². The SMILES string of the molecule is COc1c(Cl)cc(C)cc1/C(O)=C1\C(=O)C(=O)N(CC2CCCO2)C1c1ccccc1F. The molecule has 2 aliphatic rings. The fourth-order valence-corrected chi connectivity index (χ4v) is 4.70. The van der Waals surface area contributed by atoms with Crippen molar-refractivity contribution in [1.29, 1.82) is 0 Å². The third-order valence-corrected chi connectivity index (χ3v) is 6.09. The van der Waals surface area contributed by atoms with Gasteiger partial charge in [-0.1, -0.05) is 29.8 Å². The normalized spacial score (nSPS) is 22.6. The first-order valence-electron chi connectivity index (χ1n) is 10.3. The Kier molecular flexibility index (Phi) is 6.22. The Morgan fingerprint density at radius 1 is 1.31 bits per heavy atom. The molecule has 0 aliphatic carbocycles. The van der Waals surface area contributed by atoms with E-state index in [1.165, 1.54) is 30.2 Å². The van der Waals surface area contributed by atoms with Crippen LogP contribution in [0, 0.1) is 12.7 Å². The van der Waals surface area contributed by atoms with Crippen LogP contribution in [0.1, 0.15) is 35.6 Å². The predicted molar refractivity (Wildman–Crippen MR) is 117 cm³/mol. The quantitative estimate of drug-likeness (QED) is 0.407. The van der Waals surface area contributed by atoms with Crippen LogP contribution in [0.3, 0.4) is 0 Å². The van der Waals surface area contributed by atoms with Crippen molar-refractivity contribution in [3.05, 3.63) is 69.5 Å². The van der Waals surface area contributed by atoms with Crippen LogP contribution in [0.5, 0.6) is 5.75 Å². The number of likely N-dealkylation sites (tertiary alicyclic amines) is 1. The average molecular weight is 460 g/mol. The number of benzene rings is 2. The molecule has 2 aromatic carbocycles. The van der Waals surface area contributed by atoms with Gasteiger partial charge >= 0.3 is 0 Å². The maximum atomic E-state index is 14.9. The summed E-state index contributed by atoms with van der Waals surface area (Å²) in [7, 11) is 1.39. The number of ketones is 1. The zero-order valence-electron chi connectivity index (χ0n) is 17.7. The van der Waals surface area contributed by atoms with E-state index in [2.05, 4.69) is 0 Å². The Morgan fingerprint density at radius 3 is 2.72 bits per heavy atom. The number of carbonyl (C=O) groups excluding carboxylic acids is 2. The van der Waals surface area contributed by atoms with Gasteiger partial charge in [0.1, 0.15) is 17.3 Å². The minimum Gasteiger partial charge on any atom is -0.507 e. The molecule has 0 radical (unpaired) electrons. The smallest absolute Gasteiger partial charge is 0.295 e. The predicted octanol–water partition coefficient (Wildman–Crippen LogP) is 4.40. The summed E-state index contributed by atoms with van der Waals surface area (Å²) in [5.74, 6) is -2.60. The molecule has 1 N–H and O–H groups in total. The number of rotatable bonds is 5. The van der Waals surface area contributed by atoms with Crippen molar-refractivity contribution in [1.82, 2.24) is 4.90 Å². The molecule has 8 heteroatoms. The van der Waals surface area contributed by atoms with E-state index in [1.54, 1.807) is 25.1 Å². The van der Waals surface area contributed by atoms with Gasteiger partial charge in [0.2, 0.25) is 0 Å². The number of hydrogen-bond donors (Lipinski definition) is 1. The molecule has 0 spiro atoms. The van der Waals surface area contributed by atoms with E-state index in [1.807, 2.05) is 0 Å². The third kappa shape index (κ3) is 3.87. The van der Waals surface area contributed by atoms with Crippen LogP contribution >= 0.6 is 11.6 Å². The number of aryl methyl sites for hydroxylation is 1. The minimum atomic E-state index is -1.11. The lowest BCUT2D eigenvalue weighted by Crippen LogP contribution is -2.36. The molecule has 2 heterocycles. The van der Waals surface area contributed by atoms with Gasteiger partial charge in [0.25, 0.3) is 11.7 Å². The number of aliphatic hydroxyl groups excluding tert-OH is 1. The van der Waals surface area contributed by atoms with Crippen LogP contribution in [0.15, 0.2) is 42.0 Å². The van der Waals surface area contributed by atoms with Crippen LogP contribution in [0.4, 0.5) is 4.39 Å². The highest BCUT2D eigenvalue weighted by molar-refractivity contribution is 6.46. The Balaban J connectivity index is 1.92. The first kappa shape index (κ1) is 22.3. The van der Waals surface area contributed by atoms with Gasteiger partial charge in [0, 0.05) is 18.7 Å². The van der Waals surface area contributed by atoms with Gasteiger partial charge in [-0.3, -0.25) is 9.59 Å². The summed E-state index contributed by atoms with van der Waals surface area (Å²) in [5, 5.41) is 11.5. The molecule has 2 atom stereocenters. The van der Waals surface area contributed by atoms with Crippen LogP contribution in [0.25, 0.3) is 5.76 Å². The van der Waals surface area contributed by atoms with E-state index >= 15 is 0 Å². The number of Topliss-reactive ketones (excluding diaryl/α,β-unsaturated/α-hetero) is 1. The van der Waals surface area contributed by atoms with E-state index in [0.29, 0.717) is 12.2 Å². The van der Waals surface area contributed by atoms with E-state index < -0.39 is 29.3 Å². The molecule has 32 heavy (non-hydrogen) atoms. The summed E-state index contributed by atoms with van der Waals surface area (Å²) >= 11 is 6.27. The number of carbonyl (C=O) groups is 2. The number of methoxy groups -OCH3 is 1. The molecule has 4 rings (SSSR count). The molecular formula is C24H23ClFNO5. The molecule has 2 saturated heterocycles. The summed E-state index contributed by atoms with van der Waals surface area (Å²) < 4.78 is 25.9. The van der Waals surface area contributed by atoms with Crippen LogP contribution < -0.4 is 4.74 Å². The second kappa shape index (κ2) is 8.92. The van der Waals surface area contributed by atoms with Gasteiger partial charge in [-0.25, -0.2) is 4.39 Å². The molecule has 2 fully saturated rings. The molecule has 168 valence electrons. The minimum absolute atomic E-state index is 0.115. The molecule has 0 bridgehead atoms. The van der Waals surface area contributed by atoms with Gasteiger partial charge in [-0.2, -0.15) is 0 Å². The van der Waals surface area contributed by atoms with Crippen molar-refractivity contribution in [2.24, 2.45) is 0 Å². The van der Waals surface area contributed by atoms with Crippen LogP contribution in [-0.4, -0.2) is 48.1 Å². The summed E-state index contributed by atoms with van der Waals surface area (Å²) in [5.41, 5.74) is 0.782. The standard InChI is InChI=1S/C24H23ClFNO5/c1-13-10-16(23(31-2)17(25)11-13)21(28)19-20(15-7-3-4-8-18(15)26)27(24(30)22(19)29)12-14-6-5-9-32-14/h3-4,7-8,10-11,14,20,28H,5-6,9,12H2,1-2H3/b21-19+. The Bertz CT molecular complexity index is 1110. The number of halogens is 2. The molecule has 2 unspecified atom stereocenters. The maximum Gasteiger partial charge on any atom is 0.295 e. The average Bonchev–Trinajstić information content (AvgIpc) is 3.36. The molecular weight excluding hydrogens is 437 g/mol. The van der Waals surface area contributed by atoms with Crippen LogP contribution in [-0.2, 0) is 14.3 Å². The first-order chi connectivity index (χ1) is 15.3. The molecule has 1 amide bonds. The Labute approximate surface area is 190 Å². The highest BCUT2D eigenvalue weighted by atomic mass is 35.5. The molecule has 2 aliphatic heterocycles. The fourth-order valence-electron chi connectivity index (χ4n) is 4.35. The lowest BCUT2D eigenvalue weighted by Gasteiger charge is -2.27. The van der Waals surface area contributed by atoms with Crippen LogP contribution in [0.2, 0.25) is 5.02 Å². The first-order valence-corrected chi connectivity index (χ1v) is 10.7. The zero-order valence-corrected chi connectivity index (χ0v) is 18.5. The highest BCUT2D eigenvalue weighted by Gasteiger charge is 2.48. The van der Waals surface area contributed by atoms with Gasteiger partial charge in [-0.15, -0.1) is 0 Å². The summed E-state index contributed by atoms with van der Waals surface area (Å²) in [6, 6.07) is 8.05. The lowest BCUT2D eigenvalue weighted by atomic mass is 9.94. The Morgan fingerprint density at radius 2 is 2.06 bits per heavy atom. The van der Waals surface area contributed by atoms with E-state index in [0.717, 1.165) is 12.8 Å². The molecule has 0 saturated carbocycles. The number of aliphatic hydroxyl groups is 1. The van der Waals surface area contributed by atoms with Crippen molar-refractivity contribution >= 4 is 29.1 Å². The van der Waals surface area contributed by atoms with E-state index in [9.17, 15) is 19.1 Å². The number of hydrogen-bond acceptors (Lipinski definition) is 5. The molecule has 6 nitrogen and oxygen atoms in total. The lowest BCUT2D eigenvalue weighted by molar-refractivity contribution is -0.140. The van der Waals surface area contributed by atoms with Crippen molar-refractivity contribution in [3.63, 3.8) is 0 Å². The highest BCUT2D eigenvalue weighted by Crippen LogP contribution is 2.43. The number of nitrogens with zero attached hydrogens (tertiary/aromatic N) is 1. The van der Waals surface area contributed by atoms with Gasteiger partial charge in [0.05, 0.1) is 35.4 Å². The topological polar surface area (TPSA) is 76.1 Å². The second-order valence-electron chi connectivity index (χ2n) is 7.94. The largest absolute Gasteiger partial charge is 0.507 e. The molecule has 2 aromatic rings. The van der Waals surface area contributed by atoms with Crippen molar-refractivity contribution < 1.29 is 28.6 Å². The third-order valence-electron chi connectivity index (χ3n) is 5.81. The zero-order chi connectivity index (χ0) is 23.0. The number of amides is 1. The second-order valence-corrected chi connectivity index (χ2v) is 8.34. The van der Waals surface area contributed by atoms with E-state index in [-0.39, 0.29) is 40.1 Å². The van der Waals surface area contributed by atoms with Crippen molar-refractivity contribution in [3.8, 4) is 5.75 Å². The van der Waals surface area contributed by atoms with E-state index in [4.69, 9.17) is 21.1 Å². The van der Waals surface area contributed by atoms with Crippen molar-refractivity contribution in [2.75, 3.05) is 20.3 Å². The summed E-state index contributed by atoms with van der Waals surface area (Å²) in [6.45, 7) is 2.45. The van der Waals surface area contributed by atoms with Gasteiger partial charge in [-0.05, 0) is 43.5 Å². The fraction of sp³-hybridized carbons (Fsp3) is 0.333.